The number of hydrogen-bond donors (Lipinski definition) is 3. The normalized spacial score (nSPS) is 12.9. The molecule has 6 nitrogen and oxygen atoms in total. The molecule has 0 aliphatic heterocycles. The third-order valence-corrected chi connectivity index (χ3v) is 5.08. The average molecular weight is 459 g/mol. The molecule has 1 unspecified atom stereocenters. The largest absolute Gasteiger partial charge is 0.433 e. The lowest BCUT2D eigenvalue weighted by Crippen LogP contribution is -2.31. The van der Waals surface area contributed by atoms with E-state index >= 15 is 0 Å². The van der Waals surface area contributed by atoms with E-state index in [2.05, 4.69) is 25.6 Å². The van der Waals surface area contributed by atoms with Gasteiger partial charge in [-0.25, -0.2) is 23.7 Å². The topological polar surface area (TPSA) is 83.0 Å². The van der Waals surface area contributed by atoms with Crippen LogP contribution in [0.15, 0.2) is 36.7 Å². The minimum Gasteiger partial charge on any atom is -0.386 e. The number of hydrogen-bond acceptors (Lipinski definition) is 7. The van der Waals surface area contributed by atoms with Gasteiger partial charge < -0.3 is 15.7 Å². The number of aliphatic hydroxyl groups excluding tert-OH is 1. The number of nitrogens with one attached hydrogen (secondary N) is 2. The zero-order valence-corrected chi connectivity index (χ0v) is 16.9. The van der Waals surface area contributed by atoms with Gasteiger partial charge in [0.05, 0.1) is 4.88 Å². The fourth-order valence-electron chi connectivity index (χ4n) is 2.64. The molecule has 0 saturated carbocycles. The summed E-state index contributed by atoms with van der Waals surface area (Å²) >= 11 is 1.33. The number of halogens is 5. The Morgan fingerprint density at radius 1 is 1.16 bits per heavy atom. The summed E-state index contributed by atoms with van der Waals surface area (Å²) in [6.45, 7) is 1.78. The molecule has 2 heterocycles. The van der Waals surface area contributed by atoms with Gasteiger partial charge in [0.25, 0.3) is 6.43 Å². The van der Waals surface area contributed by atoms with E-state index in [0.29, 0.717) is 10.7 Å². The van der Waals surface area contributed by atoms with E-state index < -0.39 is 24.4 Å². The second kappa shape index (κ2) is 9.62. The number of rotatable bonds is 8. The number of alkyl halides is 5. The van der Waals surface area contributed by atoms with Crippen LogP contribution in [0.2, 0.25) is 0 Å². The number of nitrogens with zero attached hydrogens (tertiary/aromatic N) is 3. The van der Waals surface area contributed by atoms with Crippen molar-refractivity contribution < 1.29 is 27.1 Å². The first-order valence-electron chi connectivity index (χ1n) is 9.03. The highest BCUT2D eigenvalue weighted by Gasteiger charge is 2.32. The lowest BCUT2D eigenvalue weighted by Gasteiger charge is -2.10. The third-order valence-electron chi connectivity index (χ3n) is 4.04. The molecule has 2 aromatic heterocycles. The maximum Gasteiger partial charge on any atom is 0.433 e. The van der Waals surface area contributed by atoms with E-state index in [0.717, 1.165) is 28.3 Å². The van der Waals surface area contributed by atoms with E-state index in [1.165, 1.54) is 11.3 Å². The second-order valence-electron chi connectivity index (χ2n) is 6.63. The van der Waals surface area contributed by atoms with Crippen molar-refractivity contribution in [3.05, 3.63) is 52.9 Å². The molecular formula is C19H18F5N5OS. The highest BCUT2D eigenvalue weighted by molar-refractivity contribution is 7.15. The molecule has 0 spiro atoms. The second-order valence-corrected chi connectivity index (χ2v) is 7.74. The van der Waals surface area contributed by atoms with Crippen molar-refractivity contribution in [2.75, 3.05) is 11.9 Å². The van der Waals surface area contributed by atoms with Crippen LogP contribution in [0.5, 0.6) is 0 Å². The van der Waals surface area contributed by atoms with Crippen molar-refractivity contribution >= 4 is 23.0 Å². The van der Waals surface area contributed by atoms with Crippen molar-refractivity contribution in [3.63, 3.8) is 0 Å². The first-order valence-corrected chi connectivity index (χ1v) is 9.84. The highest BCUT2D eigenvalue weighted by Crippen LogP contribution is 2.31. The standard InChI is InChI=1S/C19H18F5N5OS/c1-10-4-11(14-8-27-16(31-14)9-25-7-13(30)17(20)21)6-12(5-10)28-18-26-3-2-15(29-18)19(22,23)24/h2-6,8,13,17,25,30H,7,9H2,1H3,(H,26,28,29). The Balaban J connectivity index is 1.73. The number of thiazole rings is 1. The van der Waals surface area contributed by atoms with Gasteiger partial charge in [-0.2, -0.15) is 13.2 Å². The molecule has 0 bridgehead atoms. The summed E-state index contributed by atoms with van der Waals surface area (Å²) in [6, 6.07) is 6.13. The fraction of sp³-hybridized carbons (Fsp3) is 0.316. The number of aromatic nitrogens is 3. The molecule has 1 atom stereocenters. The fourth-order valence-corrected chi connectivity index (χ4v) is 3.52. The molecule has 0 amide bonds. The Morgan fingerprint density at radius 2 is 1.94 bits per heavy atom. The molecule has 0 fully saturated rings. The summed E-state index contributed by atoms with van der Waals surface area (Å²) < 4.78 is 63.2. The van der Waals surface area contributed by atoms with Gasteiger partial charge in [-0.1, -0.05) is 6.07 Å². The van der Waals surface area contributed by atoms with Crippen LogP contribution in [-0.2, 0) is 12.7 Å². The molecule has 0 aliphatic carbocycles. The minimum atomic E-state index is -4.57. The summed E-state index contributed by atoms with van der Waals surface area (Å²) in [7, 11) is 0. The van der Waals surface area contributed by atoms with Crippen LogP contribution >= 0.6 is 11.3 Å². The van der Waals surface area contributed by atoms with Gasteiger partial charge in [-0.3, -0.25) is 0 Å². The summed E-state index contributed by atoms with van der Waals surface area (Å²) in [5.41, 5.74) is 1.07. The lowest BCUT2D eigenvalue weighted by molar-refractivity contribution is -0.141. The van der Waals surface area contributed by atoms with Gasteiger partial charge in [0.15, 0.2) is 0 Å². The van der Waals surface area contributed by atoms with Crippen molar-refractivity contribution in [1.29, 1.82) is 0 Å². The Kier molecular flexibility index (Phi) is 7.13. The maximum absolute atomic E-state index is 12.9. The van der Waals surface area contributed by atoms with Crippen LogP contribution in [0.1, 0.15) is 16.3 Å². The van der Waals surface area contributed by atoms with E-state index in [4.69, 9.17) is 5.11 Å². The van der Waals surface area contributed by atoms with E-state index in [-0.39, 0.29) is 19.0 Å². The molecular weight excluding hydrogens is 441 g/mol. The lowest BCUT2D eigenvalue weighted by atomic mass is 10.1. The van der Waals surface area contributed by atoms with Crippen molar-refractivity contribution in [3.8, 4) is 10.4 Å². The molecule has 166 valence electrons. The predicted octanol–water partition coefficient (Wildman–Crippen LogP) is 4.39. The number of aliphatic hydroxyl groups is 1. The average Bonchev–Trinajstić information content (AvgIpc) is 3.16. The minimum absolute atomic E-state index is 0.182. The smallest absolute Gasteiger partial charge is 0.386 e. The van der Waals surface area contributed by atoms with Gasteiger partial charge in [-0.05, 0) is 36.2 Å². The Hall–Kier alpha value is -2.70. The van der Waals surface area contributed by atoms with Crippen LogP contribution in [0.3, 0.4) is 0 Å². The first-order chi connectivity index (χ1) is 14.6. The Morgan fingerprint density at radius 3 is 2.65 bits per heavy atom. The van der Waals surface area contributed by atoms with Crippen molar-refractivity contribution in [2.45, 2.75) is 32.2 Å². The number of aryl methyl sites for hydroxylation is 1. The summed E-state index contributed by atoms with van der Waals surface area (Å²) in [5, 5.41) is 15.3. The zero-order chi connectivity index (χ0) is 22.6. The molecule has 3 aromatic rings. The van der Waals surface area contributed by atoms with Crippen LogP contribution in [0, 0.1) is 6.92 Å². The van der Waals surface area contributed by atoms with Gasteiger partial charge in [-0.15, -0.1) is 11.3 Å². The summed E-state index contributed by atoms with van der Waals surface area (Å²) in [5.74, 6) is -0.182. The molecule has 12 heteroatoms. The molecule has 0 radical (unpaired) electrons. The van der Waals surface area contributed by atoms with Crippen LogP contribution in [0.4, 0.5) is 33.6 Å². The third kappa shape index (κ3) is 6.39. The van der Waals surface area contributed by atoms with Crippen LogP contribution in [-0.4, -0.2) is 39.1 Å². The van der Waals surface area contributed by atoms with E-state index in [1.807, 2.05) is 13.0 Å². The monoisotopic (exact) mass is 459 g/mol. The highest BCUT2D eigenvalue weighted by atomic mass is 32.1. The van der Waals surface area contributed by atoms with Gasteiger partial charge >= 0.3 is 6.18 Å². The number of benzene rings is 1. The van der Waals surface area contributed by atoms with Crippen molar-refractivity contribution in [2.24, 2.45) is 0 Å². The van der Waals surface area contributed by atoms with E-state index in [9.17, 15) is 22.0 Å². The maximum atomic E-state index is 12.9. The zero-order valence-electron chi connectivity index (χ0n) is 16.1. The molecule has 0 aliphatic rings. The summed E-state index contributed by atoms with van der Waals surface area (Å²) in [6.07, 6.45) is -6.50. The van der Waals surface area contributed by atoms with Crippen LogP contribution in [0.25, 0.3) is 10.4 Å². The molecule has 3 N–H and O–H groups in total. The first kappa shape index (κ1) is 23.0. The molecule has 0 saturated heterocycles. The van der Waals surface area contributed by atoms with Gasteiger partial charge in [0, 0.05) is 31.2 Å². The van der Waals surface area contributed by atoms with Gasteiger partial charge in [0.2, 0.25) is 5.95 Å². The predicted molar refractivity (Wildman–Crippen MR) is 106 cm³/mol. The van der Waals surface area contributed by atoms with Crippen LogP contribution < -0.4 is 10.6 Å². The quantitative estimate of drug-likeness (QED) is 0.434. The SMILES string of the molecule is Cc1cc(Nc2nccc(C(F)(F)F)n2)cc(-c2cnc(CNCC(O)C(F)F)s2)c1. The molecule has 1 aromatic carbocycles. The Bertz CT molecular complexity index is 1030. The van der Waals surface area contributed by atoms with Crippen molar-refractivity contribution in [1.82, 2.24) is 20.3 Å². The van der Waals surface area contributed by atoms with Gasteiger partial charge in [0.1, 0.15) is 16.8 Å². The number of anilines is 2. The summed E-state index contributed by atoms with van der Waals surface area (Å²) in [4.78, 5) is 12.3. The molecule has 31 heavy (non-hydrogen) atoms. The molecule has 3 rings (SSSR count). The Labute approximate surface area is 178 Å². The van der Waals surface area contributed by atoms with E-state index in [1.54, 1.807) is 18.3 Å².